The van der Waals surface area contributed by atoms with E-state index in [1.165, 1.54) is 36.4 Å². The van der Waals surface area contributed by atoms with Crippen molar-refractivity contribution in [3.8, 4) is 11.5 Å². The van der Waals surface area contributed by atoms with Crippen molar-refractivity contribution in [2.45, 2.75) is 19.3 Å². The van der Waals surface area contributed by atoms with Gasteiger partial charge >= 0.3 is 11.9 Å². The number of ether oxygens (including phenoxy) is 2. The van der Waals surface area contributed by atoms with Gasteiger partial charge in [0.1, 0.15) is 11.6 Å². The van der Waals surface area contributed by atoms with Crippen LogP contribution in [-0.4, -0.2) is 11.9 Å². The van der Waals surface area contributed by atoms with Crippen molar-refractivity contribution in [2.75, 3.05) is 0 Å². The monoisotopic (exact) mass is 608 g/mol. The van der Waals surface area contributed by atoms with Crippen molar-refractivity contribution >= 4 is 58.3 Å². The molecule has 4 aromatic carbocycles. The van der Waals surface area contributed by atoms with Crippen LogP contribution < -0.4 is 9.47 Å². The van der Waals surface area contributed by atoms with E-state index in [1.54, 1.807) is 24.3 Å². The molecule has 0 unspecified atom stereocenters. The number of esters is 2. The highest BCUT2D eigenvalue weighted by atomic mass is 35.5. The molecule has 39 heavy (non-hydrogen) atoms. The van der Waals surface area contributed by atoms with Crippen LogP contribution in [0.15, 0.2) is 72.8 Å². The third kappa shape index (κ3) is 6.04. The van der Waals surface area contributed by atoms with Gasteiger partial charge in [-0.1, -0.05) is 84.5 Å². The number of halogens is 6. The maximum Gasteiger partial charge on any atom is 0.346 e. The van der Waals surface area contributed by atoms with Gasteiger partial charge in [0, 0.05) is 5.41 Å². The number of benzene rings is 4. The Kier molecular flexibility index (Phi) is 8.52. The molecule has 0 radical (unpaired) electrons. The second kappa shape index (κ2) is 11.5. The molecule has 0 N–H and O–H groups in total. The van der Waals surface area contributed by atoms with E-state index in [4.69, 9.17) is 55.9 Å². The quantitative estimate of drug-likeness (QED) is 0.161. The maximum absolute atomic E-state index is 14.0. The van der Waals surface area contributed by atoms with Crippen LogP contribution in [0.4, 0.5) is 8.78 Å². The third-order valence-electron chi connectivity index (χ3n) is 6.02. The first kappa shape index (κ1) is 28.8. The van der Waals surface area contributed by atoms with Crippen LogP contribution >= 0.6 is 46.4 Å². The lowest BCUT2D eigenvalue weighted by Gasteiger charge is -2.28. The summed E-state index contributed by atoms with van der Waals surface area (Å²) in [5.41, 5.74) is -0.135. The summed E-state index contributed by atoms with van der Waals surface area (Å²) in [5.74, 6) is -3.66. The Hall–Kier alpha value is -3.16. The van der Waals surface area contributed by atoms with Crippen LogP contribution in [0.1, 0.15) is 45.7 Å². The van der Waals surface area contributed by atoms with Crippen molar-refractivity contribution in [1.82, 2.24) is 0 Å². The average molecular weight is 610 g/mol. The Morgan fingerprint density at radius 1 is 0.615 bits per heavy atom. The van der Waals surface area contributed by atoms with Gasteiger partial charge in [0.2, 0.25) is 0 Å². The summed E-state index contributed by atoms with van der Waals surface area (Å²) in [6.07, 6.45) is 0. The van der Waals surface area contributed by atoms with E-state index in [0.29, 0.717) is 11.1 Å². The average Bonchev–Trinajstić information content (AvgIpc) is 2.88. The van der Waals surface area contributed by atoms with Crippen LogP contribution in [0, 0.1) is 11.6 Å². The molecule has 0 aliphatic rings. The molecular weight excluding hydrogens is 592 g/mol. The highest BCUT2D eigenvalue weighted by Gasteiger charge is 2.29. The van der Waals surface area contributed by atoms with E-state index in [1.807, 2.05) is 13.8 Å². The molecule has 4 nitrogen and oxygen atoms in total. The molecule has 0 spiro atoms. The second-order valence-corrected chi connectivity index (χ2v) is 10.5. The van der Waals surface area contributed by atoms with Gasteiger partial charge in [-0.05, 0) is 59.7 Å². The van der Waals surface area contributed by atoms with E-state index in [-0.39, 0.29) is 42.7 Å². The van der Waals surface area contributed by atoms with Crippen LogP contribution in [-0.2, 0) is 5.41 Å². The first-order chi connectivity index (χ1) is 18.4. The van der Waals surface area contributed by atoms with Gasteiger partial charge in [-0.3, -0.25) is 0 Å². The summed E-state index contributed by atoms with van der Waals surface area (Å²) in [6, 6.07) is 16.9. The van der Waals surface area contributed by atoms with Crippen LogP contribution in [0.2, 0.25) is 20.1 Å². The molecule has 0 saturated heterocycles. The fourth-order valence-electron chi connectivity index (χ4n) is 3.75. The third-order valence-corrected chi connectivity index (χ3v) is 7.14. The van der Waals surface area contributed by atoms with Crippen molar-refractivity contribution in [1.29, 1.82) is 0 Å². The Morgan fingerprint density at radius 3 is 1.23 bits per heavy atom. The molecule has 200 valence electrons. The zero-order chi connectivity index (χ0) is 28.5. The van der Waals surface area contributed by atoms with Crippen LogP contribution in [0.3, 0.4) is 0 Å². The number of hydrogen-bond acceptors (Lipinski definition) is 4. The number of carbonyl (C=O) groups excluding carboxylic acids is 2. The molecule has 10 heteroatoms. The molecule has 0 bridgehead atoms. The fourth-order valence-corrected chi connectivity index (χ4v) is 4.88. The largest absolute Gasteiger partial charge is 0.420 e. The van der Waals surface area contributed by atoms with Gasteiger partial charge < -0.3 is 9.47 Å². The summed E-state index contributed by atoms with van der Waals surface area (Å²) < 4.78 is 38.6. The van der Waals surface area contributed by atoms with Crippen molar-refractivity contribution in [2.24, 2.45) is 0 Å². The van der Waals surface area contributed by atoms with Crippen molar-refractivity contribution in [3.05, 3.63) is 127 Å². The highest BCUT2D eigenvalue weighted by molar-refractivity contribution is 6.38. The van der Waals surface area contributed by atoms with E-state index in [0.717, 1.165) is 12.1 Å². The first-order valence-electron chi connectivity index (χ1n) is 11.3. The normalized spacial score (nSPS) is 11.3. The lowest BCUT2D eigenvalue weighted by molar-refractivity contribution is 0.0720. The van der Waals surface area contributed by atoms with E-state index >= 15 is 0 Å². The summed E-state index contributed by atoms with van der Waals surface area (Å²) >= 11 is 25.7. The molecule has 0 aliphatic heterocycles. The second-order valence-electron chi connectivity index (χ2n) is 8.90. The standard InChI is InChI=1S/C29H18Cl4F2O4/c1-29(2,15-11-19(30)25(20(31)12-15)38-27(36)17-7-3-5-9-23(17)34)16-13-21(32)26(22(33)14-16)39-28(37)18-8-4-6-10-24(18)35/h3-14H,1-2H3. The fraction of sp³-hybridized carbons (Fsp3) is 0.103. The van der Waals surface area contributed by atoms with Crippen molar-refractivity contribution < 1.29 is 27.8 Å². The first-order valence-corrected chi connectivity index (χ1v) is 12.8. The van der Waals surface area contributed by atoms with Crippen LogP contribution in [0.25, 0.3) is 0 Å². The van der Waals surface area contributed by atoms with E-state index in [9.17, 15) is 18.4 Å². The van der Waals surface area contributed by atoms with Gasteiger partial charge in [0.25, 0.3) is 0 Å². The highest BCUT2D eigenvalue weighted by Crippen LogP contribution is 2.44. The Morgan fingerprint density at radius 2 is 0.923 bits per heavy atom. The predicted molar refractivity (Wildman–Crippen MR) is 148 cm³/mol. The molecule has 0 aliphatic carbocycles. The summed E-state index contributed by atoms with van der Waals surface area (Å²) in [7, 11) is 0. The molecule has 0 saturated carbocycles. The SMILES string of the molecule is CC(C)(c1cc(Cl)c(OC(=O)c2ccccc2F)c(Cl)c1)c1cc(Cl)c(OC(=O)c2ccccc2F)c(Cl)c1. The predicted octanol–water partition coefficient (Wildman–Crippen LogP) is 9.34. The minimum Gasteiger partial charge on any atom is -0.420 e. The molecule has 4 aromatic rings. The van der Waals surface area contributed by atoms with Gasteiger partial charge in [0.05, 0.1) is 31.2 Å². The zero-order valence-corrected chi connectivity index (χ0v) is 23.4. The molecule has 4 rings (SSSR count). The van der Waals surface area contributed by atoms with Gasteiger partial charge in [-0.2, -0.15) is 0 Å². The Balaban J connectivity index is 1.62. The molecule has 0 fully saturated rings. The number of rotatable bonds is 6. The van der Waals surface area contributed by atoms with E-state index in [2.05, 4.69) is 0 Å². The molecular formula is C29H18Cl4F2O4. The maximum atomic E-state index is 14.0. The van der Waals surface area contributed by atoms with Gasteiger partial charge in [0.15, 0.2) is 11.5 Å². The number of carbonyl (C=O) groups is 2. The summed E-state index contributed by atoms with van der Waals surface area (Å²) in [4.78, 5) is 24.9. The lowest BCUT2D eigenvalue weighted by Crippen LogP contribution is -2.20. The molecule has 0 aromatic heterocycles. The molecule has 0 atom stereocenters. The Labute approximate surface area is 243 Å². The van der Waals surface area contributed by atoms with Gasteiger partial charge in [-0.15, -0.1) is 0 Å². The van der Waals surface area contributed by atoms with Crippen molar-refractivity contribution in [3.63, 3.8) is 0 Å². The summed E-state index contributed by atoms with van der Waals surface area (Å²) in [6.45, 7) is 3.68. The zero-order valence-electron chi connectivity index (χ0n) is 20.3. The smallest absolute Gasteiger partial charge is 0.346 e. The van der Waals surface area contributed by atoms with Gasteiger partial charge in [-0.25, -0.2) is 18.4 Å². The minimum absolute atomic E-state index is 0.0166. The molecule has 0 amide bonds. The lowest BCUT2D eigenvalue weighted by atomic mass is 9.78. The van der Waals surface area contributed by atoms with Crippen LogP contribution in [0.5, 0.6) is 11.5 Å². The topological polar surface area (TPSA) is 52.6 Å². The minimum atomic E-state index is -0.956. The molecule has 0 heterocycles. The van der Waals surface area contributed by atoms with E-state index < -0.39 is 29.0 Å². The summed E-state index contributed by atoms with van der Waals surface area (Å²) in [5, 5.41) is 0.0663. The Bertz CT molecular complexity index is 1440. The number of hydrogen-bond donors (Lipinski definition) is 0.